The Balaban J connectivity index is 2.26. The van der Waals surface area contributed by atoms with Gasteiger partial charge in [0.2, 0.25) is 0 Å². The van der Waals surface area contributed by atoms with Crippen molar-refractivity contribution in [3.05, 3.63) is 17.5 Å². The van der Waals surface area contributed by atoms with Crippen molar-refractivity contribution in [3.8, 4) is 0 Å². The van der Waals surface area contributed by atoms with Crippen LogP contribution >= 0.6 is 0 Å². The molecule has 1 N–H and O–H groups in total. The highest BCUT2D eigenvalue weighted by Gasteiger charge is 2.20. The van der Waals surface area contributed by atoms with Gasteiger partial charge in [0.1, 0.15) is 0 Å². The van der Waals surface area contributed by atoms with E-state index in [1.165, 1.54) is 19.3 Å². The van der Waals surface area contributed by atoms with Crippen LogP contribution in [0.4, 0.5) is 0 Å². The lowest BCUT2D eigenvalue weighted by atomic mass is 9.95. The van der Waals surface area contributed by atoms with E-state index in [1.54, 1.807) is 6.07 Å². The third kappa shape index (κ3) is 2.10. The monoisotopic (exact) mass is 222 g/mol. The topological polar surface area (TPSA) is 55.1 Å². The summed E-state index contributed by atoms with van der Waals surface area (Å²) in [6.07, 6.45) is 6.87. The Kier molecular flexibility index (Phi) is 3.27. The Morgan fingerprint density at radius 1 is 1.50 bits per heavy atom. The van der Waals surface area contributed by atoms with Crippen molar-refractivity contribution < 1.29 is 9.90 Å². The first-order valence-electron chi connectivity index (χ1n) is 6.04. The summed E-state index contributed by atoms with van der Waals surface area (Å²) < 4.78 is 1.95. The fraction of sp³-hybridized carbons (Fsp3) is 0.667. The molecule has 4 nitrogen and oxygen atoms in total. The largest absolute Gasteiger partial charge is 0.476 e. The minimum absolute atomic E-state index is 0.183. The molecule has 16 heavy (non-hydrogen) atoms. The molecular formula is C12H18N2O2. The molecule has 88 valence electrons. The van der Waals surface area contributed by atoms with E-state index in [2.05, 4.69) is 5.10 Å². The first kappa shape index (κ1) is 11.2. The van der Waals surface area contributed by atoms with E-state index in [4.69, 9.17) is 5.11 Å². The van der Waals surface area contributed by atoms with Gasteiger partial charge in [0.15, 0.2) is 5.69 Å². The molecule has 0 atom stereocenters. The summed E-state index contributed by atoms with van der Waals surface area (Å²) in [5.41, 5.74) is 1.23. The Hall–Kier alpha value is -1.32. The molecule has 4 heteroatoms. The Labute approximate surface area is 95.3 Å². The molecule has 0 saturated heterocycles. The van der Waals surface area contributed by atoms with Crippen LogP contribution < -0.4 is 0 Å². The van der Waals surface area contributed by atoms with Gasteiger partial charge >= 0.3 is 5.97 Å². The zero-order valence-corrected chi connectivity index (χ0v) is 9.65. The number of aromatic carboxylic acids is 1. The van der Waals surface area contributed by atoms with Gasteiger partial charge < -0.3 is 5.11 Å². The zero-order chi connectivity index (χ0) is 11.5. The van der Waals surface area contributed by atoms with E-state index >= 15 is 0 Å². The SMILES string of the molecule is CCc1cc(C(=O)O)nn1C1CCCCC1. The maximum Gasteiger partial charge on any atom is 0.356 e. The molecule has 1 fully saturated rings. The minimum Gasteiger partial charge on any atom is -0.476 e. The third-order valence-corrected chi connectivity index (χ3v) is 3.31. The fourth-order valence-electron chi connectivity index (χ4n) is 2.44. The van der Waals surface area contributed by atoms with Gasteiger partial charge in [0, 0.05) is 5.69 Å². The number of hydrogen-bond acceptors (Lipinski definition) is 2. The van der Waals surface area contributed by atoms with Crippen molar-refractivity contribution in [1.82, 2.24) is 9.78 Å². The summed E-state index contributed by atoms with van der Waals surface area (Å²) in [4.78, 5) is 10.9. The zero-order valence-electron chi connectivity index (χ0n) is 9.65. The summed E-state index contributed by atoms with van der Waals surface area (Å²) in [5, 5.41) is 13.2. The first-order chi connectivity index (χ1) is 7.72. The highest BCUT2D eigenvalue weighted by atomic mass is 16.4. The highest BCUT2D eigenvalue weighted by Crippen LogP contribution is 2.29. The number of carbonyl (C=O) groups is 1. The van der Waals surface area contributed by atoms with Gasteiger partial charge in [0.25, 0.3) is 0 Å². The third-order valence-electron chi connectivity index (χ3n) is 3.31. The summed E-state index contributed by atoms with van der Waals surface area (Å²) in [6, 6.07) is 2.12. The average molecular weight is 222 g/mol. The number of aryl methyl sites for hydroxylation is 1. The second-order valence-electron chi connectivity index (χ2n) is 4.42. The number of hydrogen-bond donors (Lipinski definition) is 1. The minimum atomic E-state index is -0.927. The van der Waals surface area contributed by atoms with E-state index < -0.39 is 5.97 Å². The van der Waals surface area contributed by atoms with Gasteiger partial charge in [-0.15, -0.1) is 0 Å². The van der Waals surface area contributed by atoms with Crippen molar-refractivity contribution in [2.45, 2.75) is 51.5 Å². The van der Waals surface area contributed by atoms with E-state index in [1.807, 2.05) is 11.6 Å². The van der Waals surface area contributed by atoms with Crippen molar-refractivity contribution in [1.29, 1.82) is 0 Å². The second kappa shape index (κ2) is 4.68. The molecule has 1 aromatic rings. The van der Waals surface area contributed by atoms with Gasteiger partial charge in [-0.25, -0.2) is 4.79 Å². The molecule has 1 heterocycles. The van der Waals surface area contributed by atoms with Gasteiger partial charge in [0.05, 0.1) is 6.04 Å². The van der Waals surface area contributed by atoms with Crippen molar-refractivity contribution >= 4 is 5.97 Å². The number of aromatic nitrogens is 2. The van der Waals surface area contributed by atoms with E-state index in [0.717, 1.165) is 25.0 Å². The quantitative estimate of drug-likeness (QED) is 0.855. The van der Waals surface area contributed by atoms with Crippen LogP contribution in [-0.2, 0) is 6.42 Å². The van der Waals surface area contributed by atoms with Crippen molar-refractivity contribution in [2.24, 2.45) is 0 Å². The lowest BCUT2D eigenvalue weighted by Gasteiger charge is -2.23. The van der Waals surface area contributed by atoms with Gasteiger partial charge in [-0.1, -0.05) is 26.2 Å². The van der Waals surface area contributed by atoms with Crippen molar-refractivity contribution in [3.63, 3.8) is 0 Å². The number of rotatable bonds is 3. The maximum atomic E-state index is 10.9. The second-order valence-corrected chi connectivity index (χ2v) is 4.42. The van der Waals surface area contributed by atoms with E-state index in [0.29, 0.717) is 6.04 Å². The van der Waals surface area contributed by atoms with E-state index in [9.17, 15) is 4.79 Å². The summed E-state index contributed by atoms with van der Waals surface area (Å²) in [6.45, 7) is 2.04. The van der Waals surface area contributed by atoms with Gasteiger partial charge in [-0.05, 0) is 25.3 Å². The Bertz CT molecular complexity index is 378. The van der Waals surface area contributed by atoms with E-state index in [-0.39, 0.29) is 5.69 Å². The average Bonchev–Trinajstić information content (AvgIpc) is 2.74. The van der Waals surface area contributed by atoms with Crippen LogP contribution in [0, 0.1) is 0 Å². The van der Waals surface area contributed by atoms with Gasteiger partial charge in [-0.3, -0.25) is 4.68 Å². The molecular weight excluding hydrogens is 204 g/mol. The molecule has 0 amide bonds. The number of nitrogens with zero attached hydrogens (tertiary/aromatic N) is 2. The molecule has 0 bridgehead atoms. The Morgan fingerprint density at radius 2 is 2.19 bits per heavy atom. The predicted molar refractivity (Wildman–Crippen MR) is 60.7 cm³/mol. The first-order valence-corrected chi connectivity index (χ1v) is 6.04. The van der Waals surface area contributed by atoms with Crippen LogP contribution in [0.15, 0.2) is 6.07 Å². The van der Waals surface area contributed by atoms with Crippen LogP contribution in [0.1, 0.15) is 61.3 Å². The smallest absolute Gasteiger partial charge is 0.356 e. The molecule has 1 aliphatic carbocycles. The number of carboxylic acid groups (broad SMARTS) is 1. The van der Waals surface area contributed by atoms with Gasteiger partial charge in [-0.2, -0.15) is 5.10 Å². The molecule has 0 spiro atoms. The molecule has 1 saturated carbocycles. The normalized spacial score (nSPS) is 17.6. The maximum absolute atomic E-state index is 10.9. The highest BCUT2D eigenvalue weighted by molar-refractivity contribution is 5.85. The summed E-state index contributed by atoms with van der Waals surface area (Å²) in [5.74, 6) is -0.927. The summed E-state index contributed by atoms with van der Waals surface area (Å²) in [7, 11) is 0. The molecule has 0 radical (unpaired) electrons. The van der Waals surface area contributed by atoms with Crippen LogP contribution in [0.2, 0.25) is 0 Å². The van der Waals surface area contributed by atoms with Crippen LogP contribution in [0.3, 0.4) is 0 Å². The molecule has 0 aromatic carbocycles. The van der Waals surface area contributed by atoms with Crippen molar-refractivity contribution in [2.75, 3.05) is 0 Å². The lowest BCUT2D eigenvalue weighted by molar-refractivity contribution is 0.0689. The molecule has 1 aromatic heterocycles. The standard InChI is InChI=1S/C12H18N2O2/c1-2-9-8-11(12(15)16)13-14(9)10-6-4-3-5-7-10/h8,10H,2-7H2,1H3,(H,15,16). The van der Waals surface area contributed by atoms with Crippen LogP contribution in [0.5, 0.6) is 0 Å². The molecule has 1 aliphatic rings. The Morgan fingerprint density at radius 3 is 2.75 bits per heavy atom. The molecule has 0 aliphatic heterocycles. The number of carboxylic acids is 1. The summed E-state index contributed by atoms with van der Waals surface area (Å²) >= 11 is 0. The molecule has 2 rings (SSSR count). The lowest BCUT2D eigenvalue weighted by Crippen LogP contribution is -2.16. The van der Waals surface area contributed by atoms with Crippen LogP contribution in [-0.4, -0.2) is 20.9 Å². The molecule has 0 unspecified atom stereocenters. The fourth-order valence-corrected chi connectivity index (χ4v) is 2.44. The van der Waals surface area contributed by atoms with Crippen LogP contribution in [0.25, 0.3) is 0 Å². The predicted octanol–water partition coefficient (Wildman–Crippen LogP) is 2.65.